The molecule has 5 aromatic rings. The van der Waals surface area contributed by atoms with Gasteiger partial charge in [-0.1, -0.05) is 121 Å². The van der Waals surface area contributed by atoms with Crippen LogP contribution < -0.4 is 5.32 Å². The predicted octanol–water partition coefficient (Wildman–Crippen LogP) is 4.82. The maximum atomic E-state index is 13.2. The van der Waals surface area contributed by atoms with E-state index in [1.54, 1.807) is 6.33 Å². The molecule has 1 aromatic heterocycles. The molecule has 0 aliphatic carbocycles. The average molecular weight is 631 g/mol. The summed E-state index contributed by atoms with van der Waals surface area (Å²) < 4.78 is 7.08. The number of carboxylic acid groups (broad SMARTS) is 1. The third kappa shape index (κ3) is 7.82. The molecule has 240 valence electrons. The van der Waals surface area contributed by atoms with E-state index in [0.29, 0.717) is 5.69 Å². The number of carbonyl (C=O) groups excluding carboxylic acids is 2. The zero-order chi connectivity index (χ0) is 33.2. The van der Waals surface area contributed by atoms with Gasteiger partial charge in [-0.15, -0.1) is 0 Å². The second-order valence-electron chi connectivity index (χ2n) is 11.5. The number of esters is 1. The second kappa shape index (κ2) is 15.2. The lowest BCUT2D eigenvalue weighted by Gasteiger charge is -2.37. The molecule has 0 bridgehead atoms. The molecule has 1 amide bonds. The Labute approximate surface area is 274 Å². The summed E-state index contributed by atoms with van der Waals surface area (Å²) in [7, 11) is 1.26. The standard InChI is InChI=1S/C38H38N4O5/c1-28-18-20-29(21-19-28)23-41(26-36(44)45)25-35(43)40-34(37(46)47-2)22-33-24-42(27-39-33)38(30-12-6-3-7-13-30,31-14-8-4-9-15-31)32-16-10-5-11-17-32/h3-21,24,27,34H,22-23,25-26H2,1-2H3,(H,40,43)(H,44,45)/t34-/m0/s1. The quantitative estimate of drug-likeness (QED) is 0.134. The number of aromatic nitrogens is 2. The Bertz CT molecular complexity index is 1680. The lowest BCUT2D eigenvalue weighted by molar-refractivity contribution is -0.145. The highest BCUT2D eigenvalue weighted by atomic mass is 16.5. The number of aryl methyl sites for hydroxylation is 1. The third-order valence-corrected chi connectivity index (χ3v) is 8.09. The first-order valence-corrected chi connectivity index (χ1v) is 15.4. The van der Waals surface area contributed by atoms with Crippen molar-refractivity contribution in [3.8, 4) is 0 Å². The first kappa shape index (κ1) is 32.8. The lowest BCUT2D eigenvalue weighted by atomic mass is 9.77. The molecule has 0 saturated heterocycles. The van der Waals surface area contributed by atoms with Gasteiger partial charge in [0.25, 0.3) is 0 Å². The molecule has 0 spiro atoms. The van der Waals surface area contributed by atoms with Crippen LogP contribution >= 0.6 is 0 Å². The molecule has 2 N–H and O–H groups in total. The molecule has 1 atom stereocenters. The highest BCUT2D eigenvalue weighted by molar-refractivity contribution is 5.86. The van der Waals surface area contributed by atoms with Crippen molar-refractivity contribution in [3.05, 3.63) is 161 Å². The van der Waals surface area contributed by atoms with Crippen LogP contribution in [-0.4, -0.2) is 63.6 Å². The maximum Gasteiger partial charge on any atom is 0.328 e. The Hall–Kier alpha value is -5.54. The summed E-state index contributed by atoms with van der Waals surface area (Å²) in [5.74, 6) is -2.18. The number of rotatable bonds is 14. The molecule has 1 heterocycles. The molecule has 0 radical (unpaired) electrons. The molecule has 5 rings (SSSR count). The SMILES string of the molecule is COC(=O)[C@H](Cc1cn(C(c2ccccc2)(c2ccccc2)c2ccccc2)cn1)NC(=O)CN(CC(=O)O)Cc1ccc(C)cc1. The van der Waals surface area contributed by atoms with Crippen molar-refractivity contribution in [2.75, 3.05) is 20.2 Å². The van der Waals surface area contributed by atoms with Crippen LogP contribution in [0.25, 0.3) is 0 Å². The van der Waals surface area contributed by atoms with Gasteiger partial charge in [0.05, 0.1) is 32.2 Å². The molecular formula is C38H38N4O5. The molecule has 47 heavy (non-hydrogen) atoms. The third-order valence-electron chi connectivity index (χ3n) is 8.09. The Kier molecular flexibility index (Phi) is 10.6. The highest BCUT2D eigenvalue weighted by Gasteiger charge is 2.38. The van der Waals surface area contributed by atoms with Gasteiger partial charge in [0.2, 0.25) is 5.91 Å². The Morgan fingerprint density at radius 3 is 1.85 bits per heavy atom. The molecule has 4 aromatic carbocycles. The van der Waals surface area contributed by atoms with Gasteiger partial charge >= 0.3 is 11.9 Å². The number of carboxylic acids is 1. The molecule has 0 unspecified atom stereocenters. The fourth-order valence-corrected chi connectivity index (χ4v) is 5.94. The van der Waals surface area contributed by atoms with Crippen LogP contribution in [0.1, 0.15) is 33.5 Å². The molecule has 9 heteroatoms. The van der Waals surface area contributed by atoms with Crippen LogP contribution in [0.15, 0.2) is 128 Å². The van der Waals surface area contributed by atoms with Gasteiger partial charge in [-0.05, 0) is 29.2 Å². The normalized spacial score (nSPS) is 12.0. The maximum absolute atomic E-state index is 13.2. The summed E-state index contributed by atoms with van der Waals surface area (Å²) in [4.78, 5) is 44.0. The number of aliphatic carboxylic acids is 1. The van der Waals surface area contributed by atoms with Crippen LogP contribution in [0.4, 0.5) is 0 Å². The van der Waals surface area contributed by atoms with E-state index >= 15 is 0 Å². The number of amides is 1. The lowest BCUT2D eigenvalue weighted by Crippen LogP contribution is -2.47. The first-order chi connectivity index (χ1) is 22.8. The smallest absolute Gasteiger partial charge is 0.328 e. The number of ether oxygens (including phenoxy) is 1. The van der Waals surface area contributed by atoms with Gasteiger partial charge in [-0.25, -0.2) is 9.78 Å². The van der Waals surface area contributed by atoms with E-state index in [1.807, 2.05) is 96.6 Å². The van der Waals surface area contributed by atoms with Gasteiger partial charge in [-0.2, -0.15) is 0 Å². The van der Waals surface area contributed by atoms with Crippen LogP contribution in [0.3, 0.4) is 0 Å². The van der Waals surface area contributed by atoms with Crippen molar-refractivity contribution in [2.24, 2.45) is 0 Å². The van der Waals surface area contributed by atoms with Gasteiger partial charge in [0, 0.05) is 19.2 Å². The topological polar surface area (TPSA) is 114 Å². The van der Waals surface area contributed by atoms with Crippen molar-refractivity contribution < 1.29 is 24.2 Å². The largest absolute Gasteiger partial charge is 0.480 e. The number of nitrogens with one attached hydrogen (secondary N) is 1. The van der Waals surface area contributed by atoms with E-state index in [-0.39, 0.29) is 26.1 Å². The van der Waals surface area contributed by atoms with Gasteiger partial charge in [0.1, 0.15) is 11.6 Å². The molecule has 0 saturated carbocycles. The Balaban J connectivity index is 1.43. The van der Waals surface area contributed by atoms with E-state index in [1.165, 1.54) is 12.0 Å². The zero-order valence-corrected chi connectivity index (χ0v) is 26.5. The number of benzene rings is 4. The van der Waals surface area contributed by atoms with Crippen LogP contribution in [-0.2, 0) is 37.6 Å². The molecule has 0 aliphatic rings. The summed E-state index contributed by atoms with van der Waals surface area (Å²) in [5, 5.41) is 12.2. The van der Waals surface area contributed by atoms with Crippen molar-refractivity contribution in [2.45, 2.75) is 31.5 Å². The molecule has 9 nitrogen and oxygen atoms in total. The Morgan fingerprint density at radius 1 is 0.830 bits per heavy atom. The summed E-state index contributed by atoms with van der Waals surface area (Å²) in [5.41, 5.74) is 4.79. The minimum absolute atomic E-state index is 0.0662. The molecule has 0 fully saturated rings. The van der Waals surface area contributed by atoms with Gasteiger partial charge in [-0.3, -0.25) is 14.5 Å². The van der Waals surface area contributed by atoms with Gasteiger partial charge < -0.3 is 19.7 Å². The molecular weight excluding hydrogens is 592 g/mol. The summed E-state index contributed by atoms with van der Waals surface area (Å²) in [6.45, 7) is 1.66. The number of imidazole rings is 1. The van der Waals surface area contributed by atoms with Crippen molar-refractivity contribution in [1.82, 2.24) is 19.8 Å². The number of hydrogen-bond donors (Lipinski definition) is 2. The minimum Gasteiger partial charge on any atom is -0.480 e. The molecule has 0 aliphatic heterocycles. The fourth-order valence-electron chi connectivity index (χ4n) is 5.94. The summed E-state index contributed by atoms with van der Waals surface area (Å²) in [6.07, 6.45) is 3.70. The first-order valence-electron chi connectivity index (χ1n) is 15.4. The zero-order valence-electron chi connectivity index (χ0n) is 26.5. The van der Waals surface area contributed by atoms with E-state index in [9.17, 15) is 19.5 Å². The van der Waals surface area contributed by atoms with E-state index in [2.05, 4.69) is 41.7 Å². The number of carbonyl (C=O) groups is 3. The number of hydrogen-bond acceptors (Lipinski definition) is 6. The van der Waals surface area contributed by atoms with Crippen molar-refractivity contribution in [3.63, 3.8) is 0 Å². The number of methoxy groups -OCH3 is 1. The fraction of sp³-hybridized carbons (Fsp3) is 0.211. The minimum atomic E-state index is -1.06. The van der Waals surface area contributed by atoms with Crippen LogP contribution in [0.2, 0.25) is 0 Å². The average Bonchev–Trinajstić information content (AvgIpc) is 3.55. The summed E-state index contributed by atoms with van der Waals surface area (Å²) in [6, 6.07) is 37.1. The van der Waals surface area contributed by atoms with Crippen LogP contribution in [0.5, 0.6) is 0 Å². The predicted molar refractivity (Wildman–Crippen MR) is 179 cm³/mol. The monoisotopic (exact) mass is 630 g/mol. The second-order valence-corrected chi connectivity index (χ2v) is 11.5. The van der Waals surface area contributed by atoms with E-state index < -0.39 is 29.4 Å². The van der Waals surface area contributed by atoms with Gasteiger partial charge in [0.15, 0.2) is 0 Å². The van der Waals surface area contributed by atoms with E-state index in [4.69, 9.17) is 9.72 Å². The highest BCUT2D eigenvalue weighted by Crippen LogP contribution is 2.40. The Morgan fingerprint density at radius 2 is 1.36 bits per heavy atom. The van der Waals surface area contributed by atoms with Crippen molar-refractivity contribution >= 4 is 17.8 Å². The van der Waals surface area contributed by atoms with Crippen molar-refractivity contribution in [1.29, 1.82) is 0 Å². The summed E-state index contributed by atoms with van der Waals surface area (Å²) >= 11 is 0. The number of nitrogens with zero attached hydrogens (tertiary/aromatic N) is 3. The van der Waals surface area contributed by atoms with E-state index in [0.717, 1.165) is 27.8 Å². The van der Waals surface area contributed by atoms with Crippen LogP contribution in [0, 0.1) is 6.92 Å².